The number of likely N-dealkylation sites (tertiary alicyclic amines) is 1. The van der Waals surface area contributed by atoms with Gasteiger partial charge in [-0.05, 0) is 35.1 Å². The van der Waals surface area contributed by atoms with Gasteiger partial charge in [-0.3, -0.25) is 4.79 Å². The van der Waals surface area contributed by atoms with E-state index in [1.54, 1.807) is 6.92 Å². The van der Waals surface area contributed by atoms with E-state index in [1.807, 2.05) is 36.4 Å². The van der Waals surface area contributed by atoms with Crippen LogP contribution in [-0.4, -0.2) is 59.6 Å². The fourth-order valence-electron chi connectivity index (χ4n) is 4.92. The number of rotatable bonds is 8. The molecule has 1 aliphatic heterocycles. The Kier molecular flexibility index (Phi) is 7.05. The Morgan fingerprint density at radius 1 is 1.11 bits per heavy atom. The van der Waals surface area contributed by atoms with Gasteiger partial charge in [0.15, 0.2) is 0 Å². The lowest BCUT2D eigenvalue weighted by molar-refractivity contribution is -0.149. The van der Waals surface area contributed by atoms with E-state index in [9.17, 15) is 28.3 Å². The van der Waals surface area contributed by atoms with E-state index >= 15 is 0 Å². The van der Waals surface area contributed by atoms with Crippen LogP contribution in [0.3, 0.4) is 0 Å². The first-order chi connectivity index (χ1) is 16.7. The zero-order valence-corrected chi connectivity index (χ0v) is 19.4. The summed E-state index contributed by atoms with van der Waals surface area (Å²) in [5.74, 6) is -5.94. The average Bonchev–Trinajstić information content (AvgIpc) is 3.34. The van der Waals surface area contributed by atoms with Crippen LogP contribution < -0.4 is 5.32 Å². The van der Waals surface area contributed by atoms with Gasteiger partial charge in [-0.1, -0.05) is 55.5 Å². The first-order valence-electron chi connectivity index (χ1n) is 11.7. The third kappa shape index (κ3) is 5.28. The molecular formula is C26H28F2N2O5. The summed E-state index contributed by atoms with van der Waals surface area (Å²) < 4.78 is 32.8. The zero-order chi connectivity index (χ0) is 25.2. The minimum absolute atomic E-state index is 0.0495. The van der Waals surface area contributed by atoms with Crippen LogP contribution in [0.2, 0.25) is 0 Å². The highest BCUT2D eigenvalue weighted by Gasteiger charge is 2.50. The molecule has 0 aromatic heterocycles. The van der Waals surface area contributed by atoms with Gasteiger partial charge in [0.05, 0.1) is 6.54 Å². The molecule has 186 valence electrons. The molecule has 2 aromatic rings. The lowest BCUT2D eigenvalue weighted by Gasteiger charge is -2.24. The van der Waals surface area contributed by atoms with Gasteiger partial charge in [-0.2, -0.15) is 0 Å². The molecule has 2 amide bonds. The molecule has 0 radical (unpaired) electrons. The normalized spacial score (nSPS) is 19.1. The molecule has 4 rings (SSSR count). The number of alkyl carbamates (subject to hydrolysis) is 1. The number of nitrogens with one attached hydrogen (secondary N) is 1. The fraction of sp³-hybridized carbons (Fsp3) is 0.423. The van der Waals surface area contributed by atoms with Crippen molar-refractivity contribution in [3.63, 3.8) is 0 Å². The van der Waals surface area contributed by atoms with Crippen LogP contribution in [0.25, 0.3) is 11.1 Å². The van der Waals surface area contributed by atoms with Crippen LogP contribution in [0.15, 0.2) is 48.5 Å². The van der Waals surface area contributed by atoms with E-state index in [4.69, 9.17) is 4.74 Å². The maximum Gasteiger partial charge on any atom is 0.407 e. The van der Waals surface area contributed by atoms with E-state index in [-0.39, 0.29) is 19.1 Å². The number of carboxylic acids is 1. The van der Waals surface area contributed by atoms with Crippen molar-refractivity contribution in [2.45, 2.75) is 44.1 Å². The number of hydrogen-bond donors (Lipinski definition) is 2. The third-order valence-electron chi connectivity index (χ3n) is 6.69. The Bertz CT molecular complexity index is 1080. The number of amides is 2. The summed E-state index contributed by atoms with van der Waals surface area (Å²) in [5.41, 5.74) is 4.50. The van der Waals surface area contributed by atoms with Crippen LogP contribution in [0.5, 0.6) is 0 Å². The van der Waals surface area contributed by atoms with Gasteiger partial charge in [-0.15, -0.1) is 0 Å². The number of halogens is 2. The maximum absolute atomic E-state index is 13.7. The average molecular weight is 487 g/mol. The first kappa shape index (κ1) is 24.6. The molecule has 35 heavy (non-hydrogen) atoms. The molecule has 2 aliphatic rings. The van der Waals surface area contributed by atoms with Crippen molar-refractivity contribution in [1.82, 2.24) is 10.2 Å². The van der Waals surface area contributed by atoms with Crippen LogP contribution in [0.4, 0.5) is 13.6 Å². The number of carboxylic acid groups (broad SMARTS) is 1. The highest BCUT2D eigenvalue weighted by atomic mass is 19.3. The predicted molar refractivity (Wildman–Crippen MR) is 124 cm³/mol. The zero-order valence-electron chi connectivity index (χ0n) is 19.4. The van der Waals surface area contributed by atoms with Gasteiger partial charge >= 0.3 is 12.1 Å². The number of fused-ring (bicyclic) bond motifs is 3. The molecule has 2 N–H and O–H groups in total. The van der Waals surface area contributed by atoms with Crippen molar-refractivity contribution in [3.8, 4) is 11.1 Å². The molecule has 9 heteroatoms. The first-order valence-corrected chi connectivity index (χ1v) is 11.7. The van der Waals surface area contributed by atoms with Crippen LogP contribution >= 0.6 is 0 Å². The molecule has 1 fully saturated rings. The molecule has 2 atom stereocenters. The predicted octanol–water partition coefficient (Wildman–Crippen LogP) is 4.26. The number of carbonyl (C=O) groups excluding carboxylic acids is 2. The number of alkyl halides is 2. The van der Waals surface area contributed by atoms with E-state index in [0.29, 0.717) is 12.8 Å². The second-order valence-electron chi connectivity index (χ2n) is 9.18. The van der Waals surface area contributed by atoms with Gasteiger partial charge < -0.3 is 20.1 Å². The fourth-order valence-corrected chi connectivity index (χ4v) is 4.92. The SMILES string of the molecule is CC(CCCNC(=O)OCC1c2ccccc2-c2ccccc21)C(=O)N1CC(F)(F)C[C@H]1C(=O)O. The number of benzene rings is 2. The number of hydrogen-bond acceptors (Lipinski definition) is 4. The van der Waals surface area contributed by atoms with E-state index in [1.165, 1.54) is 0 Å². The van der Waals surface area contributed by atoms with Crippen molar-refractivity contribution < 1.29 is 33.0 Å². The molecule has 0 spiro atoms. The summed E-state index contributed by atoms with van der Waals surface area (Å²) in [6.45, 7) is 1.12. The van der Waals surface area contributed by atoms with Crippen molar-refractivity contribution in [2.75, 3.05) is 19.7 Å². The van der Waals surface area contributed by atoms with E-state index < -0.39 is 48.8 Å². The van der Waals surface area contributed by atoms with Crippen LogP contribution in [0, 0.1) is 5.92 Å². The monoisotopic (exact) mass is 486 g/mol. The second kappa shape index (κ2) is 10.0. The Morgan fingerprint density at radius 2 is 1.71 bits per heavy atom. The largest absolute Gasteiger partial charge is 0.480 e. The Morgan fingerprint density at radius 3 is 2.31 bits per heavy atom. The molecule has 1 unspecified atom stereocenters. The third-order valence-corrected chi connectivity index (χ3v) is 6.69. The van der Waals surface area contributed by atoms with Crippen molar-refractivity contribution >= 4 is 18.0 Å². The van der Waals surface area contributed by atoms with Gasteiger partial charge in [0.25, 0.3) is 5.92 Å². The number of nitrogens with zero attached hydrogens (tertiary/aromatic N) is 1. The molecule has 2 aromatic carbocycles. The summed E-state index contributed by atoms with van der Waals surface area (Å²) in [6, 6.07) is 14.5. The molecule has 1 aliphatic carbocycles. The Hall–Kier alpha value is -3.49. The maximum atomic E-state index is 13.7. The van der Waals surface area contributed by atoms with E-state index in [2.05, 4.69) is 17.4 Å². The Balaban J connectivity index is 1.23. The van der Waals surface area contributed by atoms with Gasteiger partial charge in [0.2, 0.25) is 5.91 Å². The van der Waals surface area contributed by atoms with Crippen molar-refractivity contribution in [2.24, 2.45) is 5.92 Å². The smallest absolute Gasteiger partial charge is 0.407 e. The summed E-state index contributed by atoms with van der Waals surface area (Å²) in [5, 5.41) is 11.8. The standard InChI is InChI=1S/C26H28F2N2O5/c1-16(23(31)30-15-26(27,28)13-22(30)24(32)33)7-6-12-29-25(34)35-14-21-19-10-4-2-8-17(19)18-9-3-5-11-20(18)21/h2-5,8-11,16,21-22H,6-7,12-15H2,1H3,(H,29,34)(H,32,33)/t16?,22-/m0/s1. The highest BCUT2D eigenvalue weighted by Crippen LogP contribution is 2.44. The minimum atomic E-state index is -3.20. The molecule has 1 heterocycles. The molecule has 0 saturated carbocycles. The highest BCUT2D eigenvalue weighted by molar-refractivity contribution is 5.86. The topological polar surface area (TPSA) is 95.9 Å². The Labute approximate surface area is 202 Å². The number of aliphatic carboxylic acids is 1. The molecule has 0 bridgehead atoms. The van der Waals surface area contributed by atoms with Crippen molar-refractivity contribution in [1.29, 1.82) is 0 Å². The molecular weight excluding hydrogens is 458 g/mol. The number of ether oxygens (including phenoxy) is 1. The summed E-state index contributed by atoms with van der Waals surface area (Å²) >= 11 is 0. The lowest BCUT2D eigenvalue weighted by Crippen LogP contribution is -2.43. The van der Waals surface area contributed by atoms with E-state index in [0.717, 1.165) is 27.2 Å². The van der Waals surface area contributed by atoms with Gasteiger partial charge in [-0.25, -0.2) is 18.4 Å². The summed E-state index contributed by atoms with van der Waals surface area (Å²) in [7, 11) is 0. The van der Waals surface area contributed by atoms with Gasteiger partial charge in [0, 0.05) is 24.8 Å². The van der Waals surface area contributed by atoms with Gasteiger partial charge in [0.1, 0.15) is 12.6 Å². The second-order valence-corrected chi connectivity index (χ2v) is 9.18. The van der Waals surface area contributed by atoms with Crippen LogP contribution in [0.1, 0.15) is 43.2 Å². The minimum Gasteiger partial charge on any atom is -0.480 e. The number of carbonyl (C=O) groups is 3. The lowest BCUT2D eigenvalue weighted by atomic mass is 9.98. The summed E-state index contributed by atoms with van der Waals surface area (Å²) in [6.07, 6.45) is -0.712. The quantitative estimate of drug-likeness (QED) is 0.544. The van der Waals surface area contributed by atoms with Crippen LogP contribution in [-0.2, 0) is 14.3 Å². The molecule has 7 nitrogen and oxygen atoms in total. The summed E-state index contributed by atoms with van der Waals surface area (Å²) in [4.78, 5) is 36.8. The van der Waals surface area contributed by atoms with Crippen molar-refractivity contribution in [3.05, 3.63) is 59.7 Å². The molecule has 1 saturated heterocycles.